The van der Waals surface area contributed by atoms with E-state index in [-0.39, 0.29) is 22.9 Å². The molecular weight excluding hydrogens is 337 g/mol. The maximum Gasteiger partial charge on any atom is 0.337 e. The van der Waals surface area contributed by atoms with Crippen LogP contribution in [0.3, 0.4) is 0 Å². The number of hydrogen-bond acceptors (Lipinski definition) is 2. The number of anilines is 1. The number of nitrogens with one attached hydrogen (secondary N) is 1. The molecule has 2 rings (SSSR count). The summed E-state index contributed by atoms with van der Waals surface area (Å²) in [5, 5.41) is 12.5. The third kappa shape index (κ3) is 4.71. The Morgan fingerprint density at radius 1 is 1.09 bits per heavy atom. The van der Waals surface area contributed by atoms with Gasteiger partial charge in [-0.25, -0.2) is 4.79 Å². The number of aryl methyl sites for hydroxylation is 2. The molecular formula is C17H15Cl2NO3. The lowest BCUT2D eigenvalue weighted by Crippen LogP contribution is -2.13. The van der Waals surface area contributed by atoms with Gasteiger partial charge in [-0.3, -0.25) is 4.79 Å². The Morgan fingerprint density at radius 2 is 1.83 bits per heavy atom. The van der Waals surface area contributed by atoms with Crippen molar-refractivity contribution in [3.8, 4) is 0 Å². The van der Waals surface area contributed by atoms with E-state index < -0.39 is 5.97 Å². The fourth-order valence-electron chi connectivity index (χ4n) is 2.04. The lowest BCUT2D eigenvalue weighted by atomic mass is 10.1. The molecule has 0 bridgehead atoms. The summed E-state index contributed by atoms with van der Waals surface area (Å²) in [6, 6.07) is 10.0. The zero-order valence-corrected chi connectivity index (χ0v) is 13.9. The molecule has 0 aliphatic rings. The summed E-state index contributed by atoms with van der Waals surface area (Å²) in [7, 11) is 0. The minimum Gasteiger partial charge on any atom is -0.478 e. The normalized spacial score (nSPS) is 10.4. The fraction of sp³-hybridized carbons (Fsp3) is 0.176. The lowest BCUT2D eigenvalue weighted by molar-refractivity contribution is -0.116. The van der Waals surface area contributed by atoms with Gasteiger partial charge in [0, 0.05) is 17.1 Å². The molecule has 0 aliphatic heterocycles. The average Bonchev–Trinajstić information content (AvgIpc) is 2.50. The van der Waals surface area contributed by atoms with Crippen LogP contribution in [-0.2, 0) is 11.2 Å². The van der Waals surface area contributed by atoms with Crippen LogP contribution >= 0.6 is 23.2 Å². The molecule has 23 heavy (non-hydrogen) atoms. The number of hydrogen-bond donors (Lipinski definition) is 2. The predicted molar refractivity (Wildman–Crippen MR) is 91.6 cm³/mol. The highest BCUT2D eigenvalue weighted by Gasteiger charge is 2.11. The van der Waals surface area contributed by atoms with Gasteiger partial charge < -0.3 is 10.4 Å². The number of carboxylic acids is 1. The van der Waals surface area contributed by atoms with Crippen LogP contribution in [-0.4, -0.2) is 17.0 Å². The van der Waals surface area contributed by atoms with Crippen LogP contribution in [0.5, 0.6) is 0 Å². The first-order valence-corrected chi connectivity index (χ1v) is 7.70. The first-order chi connectivity index (χ1) is 10.9. The third-order valence-electron chi connectivity index (χ3n) is 3.36. The highest BCUT2D eigenvalue weighted by Crippen LogP contribution is 2.21. The summed E-state index contributed by atoms with van der Waals surface area (Å²) in [5.41, 5.74) is 2.31. The van der Waals surface area contributed by atoms with Gasteiger partial charge in [0.05, 0.1) is 10.6 Å². The van der Waals surface area contributed by atoms with Crippen molar-refractivity contribution in [3.05, 3.63) is 63.1 Å². The molecule has 2 aromatic carbocycles. The summed E-state index contributed by atoms with van der Waals surface area (Å²) in [6.45, 7) is 1.92. The predicted octanol–water partition coefficient (Wildman–Crippen LogP) is 4.57. The van der Waals surface area contributed by atoms with Crippen molar-refractivity contribution in [2.24, 2.45) is 0 Å². The second-order valence-electron chi connectivity index (χ2n) is 5.13. The second-order valence-corrected chi connectivity index (χ2v) is 5.95. The van der Waals surface area contributed by atoms with E-state index in [1.165, 1.54) is 12.1 Å². The molecule has 0 atom stereocenters. The first kappa shape index (κ1) is 17.3. The summed E-state index contributed by atoms with van der Waals surface area (Å²) in [4.78, 5) is 23.0. The number of carbonyl (C=O) groups is 2. The molecule has 0 saturated heterocycles. The molecule has 0 spiro atoms. The van der Waals surface area contributed by atoms with Crippen LogP contribution in [0.15, 0.2) is 36.4 Å². The molecule has 0 aliphatic carbocycles. The molecule has 0 unspecified atom stereocenters. The third-order valence-corrected chi connectivity index (χ3v) is 4.09. The highest BCUT2D eigenvalue weighted by atomic mass is 35.5. The van der Waals surface area contributed by atoms with E-state index in [1.807, 2.05) is 25.1 Å². The van der Waals surface area contributed by atoms with E-state index in [1.54, 1.807) is 6.07 Å². The van der Waals surface area contributed by atoms with Crippen molar-refractivity contribution < 1.29 is 14.7 Å². The maximum absolute atomic E-state index is 12.0. The van der Waals surface area contributed by atoms with Crippen LogP contribution in [0.25, 0.3) is 0 Å². The summed E-state index contributed by atoms with van der Waals surface area (Å²) >= 11 is 11.8. The van der Waals surface area contributed by atoms with E-state index in [0.29, 0.717) is 17.1 Å². The number of aromatic carboxylic acids is 1. The van der Waals surface area contributed by atoms with Gasteiger partial charge in [0.1, 0.15) is 0 Å². The molecule has 2 aromatic rings. The van der Waals surface area contributed by atoms with E-state index in [2.05, 4.69) is 5.32 Å². The molecule has 120 valence electrons. The fourth-order valence-corrected chi connectivity index (χ4v) is 2.44. The molecule has 0 heterocycles. The number of carbonyl (C=O) groups excluding carboxylic acids is 1. The van der Waals surface area contributed by atoms with Gasteiger partial charge in [0.2, 0.25) is 5.91 Å². The van der Waals surface area contributed by atoms with Crippen molar-refractivity contribution in [2.45, 2.75) is 19.8 Å². The zero-order chi connectivity index (χ0) is 17.0. The topological polar surface area (TPSA) is 66.4 Å². The van der Waals surface area contributed by atoms with Gasteiger partial charge >= 0.3 is 5.97 Å². The number of rotatable bonds is 5. The number of benzene rings is 2. The Kier molecular flexibility index (Phi) is 5.64. The van der Waals surface area contributed by atoms with E-state index >= 15 is 0 Å². The van der Waals surface area contributed by atoms with Gasteiger partial charge in [-0.1, -0.05) is 35.3 Å². The molecule has 1 amide bonds. The van der Waals surface area contributed by atoms with Crippen LogP contribution in [0.1, 0.15) is 27.9 Å². The van der Waals surface area contributed by atoms with Gasteiger partial charge in [0.15, 0.2) is 0 Å². The number of halogens is 2. The lowest BCUT2D eigenvalue weighted by Gasteiger charge is -2.08. The largest absolute Gasteiger partial charge is 0.478 e. The van der Waals surface area contributed by atoms with Gasteiger partial charge in [-0.15, -0.1) is 0 Å². The van der Waals surface area contributed by atoms with Crippen LogP contribution in [0, 0.1) is 6.92 Å². The SMILES string of the molecule is Cc1ccc(CCC(=O)Nc2ccc(Cl)c(C(=O)O)c2)cc1Cl. The van der Waals surface area contributed by atoms with Crippen LogP contribution in [0.4, 0.5) is 5.69 Å². The standard InChI is InChI=1S/C17H15Cl2NO3/c1-10-2-3-11(8-15(10)19)4-7-16(21)20-12-5-6-14(18)13(9-12)17(22)23/h2-3,5-6,8-9H,4,7H2,1H3,(H,20,21)(H,22,23). The molecule has 0 aromatic heterocycles. The summed E-state index contributed by atoms with van der Waals surface area (Å²) < 4.78 is 0. The Balaban J connectivity index is 1.98. The summed E-state index contributed by atoms with van der Waals surface area (Å²) in [6.07, 6.45) is 0.815. The van der Waals surface area contributed by atoms with E-state index in [4.69, 9.17) is 28.3 Å². The van der Waals surface area contributed by atoms with Crippen molar-refractivity contribution in [1.82, 2.24) is 0 Å². The number of amides is 1. The Morgan fingerprint density at radius 3 is 2.48 bits per heavy atom. The molecule has 6 heteroatoms. The van der Waals surface area contributed by atoms with Crippen molar-refractivity contribution in [1.29, 1.82) is 0 Å². The van der Waals surface area contributed by atoms with Crippen LogP contribution in [0.2, 0.25) is 10.0 Å². The molecule has 4 nitrogen and oxygen atoms in total. The smallest absolute Gasteiger partial charge is 0.337 e. The minimum absolute atomic E-state index is 0.0465. The van der Waals surface area contributed by atoms with E-state index in [0.717, 1.165) is 11.1 Å². The van der Waals surface area contributed by atoms with Crippen molar-refractivity contribution >= 4 is 40.8 Å². The van der Waals surface area contributed by atoms with E-state index in [9.17, 15) is 9.59 Å². The first-order valence-electron chi connectivity index (χ1n) is 6.94. The maximum atomic E-state index is 12.0. The summed E-state index contributed by atoms with van der Waals surface area (Å²) in [5.74, 6) is -1.35. The van der Waals surface area contributed by atoms with Crippen LogP contribution < -0.4 is 5.32 Å². The Bertz CT molecular complexity index is 759. The second kappa shape index (κ2) is 7.49. The number of carboxylic acid groups (broad SMARTS) is 1. The monoisotopic (exact) mass is 351 g/mol. The average molecular weight is 352 g/mol. The molecule has 0 radical (unpaired) electrons. The quantitative estimate of drug-likeness (QED) is 0.828. The Hall–Kier alpha value is -2.04. The zero-order valence-electron chi connectivity index (χ0n) is 12.4. The molecule has 2 N–H and O–H groups in total. The van der Waals surface area contributed by atoms with Crippen molar-refractivity contribution in [2.75, 3.05) is 5.32 Å². The van der Waals surface area contributed by atoms with Gasteiger partial charge in [0.25, 0.3) is 0 Å². The van der Waals surface area contributed by atoms with Gasteiger partial charge in [-0.2, -0.15) is 0 Å². The highest BCUT2D eigenvalue weighted by molar-refractivity contribution is 6.33. The van der Waals surface area contributed by atoms with Gasteiger partial charge in [-0.05, 0) is 48.7 Å². The minimum atomic E-state index is -1.14. The molecule has 0 fully saturated rings. The Labute approximate surface area is 144 Å². The van der Waals surface area contributed by atoms with Crippen molar-refractivity contribution in [3.63, 3.8) is 0 Å². The molecule has 0 saturated carbocycles.